The van der Waals surface area contributed by atoms with Crippen LogP contribution in [0.1, 0.15) is 23.4 Å². The maximum Gasteiger partial charge on any atom is 0.376 e. The molecule has 1 heterocycles. The van der Waals surface area contributed by atoms with Crippen LogP contribution in [0.15, 0.2) is 0 Å². The van der Waals surface area contributed by atoms with Crippen LogP contribution in [0.25, 0.3) is 0 Å². The van der Waals surface area contributed by atoms with Gasteiger partial charge < -0.3 is 10.5 Å². The summed E-state index contributed by atoms with van der Waals surface area (Å²) in [4.78, 5) is 15.1. The lowest BCUT2D eigenvalue weighted by atomic mass is 10.6. The second kappa shape index (κ2) is 5.56. The molecular weight excluding hydrogens is 208 g/mol. The van der Waals surface area contributed by atoms with Crippen molar-refractivity contribution >= 4 is 18.4 Å². The third-order valence-electron chi connectivity index (χ3n) is 1.45. The highest BCUT2D eigenvalue weighted by atomic mass is 35.5. The van der Waals surface area contributed by atoms with E-state index in [9.17, 15) is 4.79 Å². The molecule has 0 fully saturated rings. The van der Waals surface area contributed by atoms with E-state index < -0.39 is 5.97 Å². The molecule has 0 saturated heterocycles. The number of rotatable bonds is 3. The van der Waals surface area contributed by atoms with Crippen molar-refractivity contribution in [3.05, 3.63) is 11.6 Å². The molecule has 0 saturated carbocycles. The summed E-state index contributed by atoms with van der Waals surface area (Å²) in [5.74, 6) is 0.144. The number of halogens is 1. The molecule has 0 spiro atoms. The van der Waals surface area contributed by atoms with Crippen LogP contribution in [0.3, 0.4) is 0 Å². The fourth-order valence-corrected chi connectivity index (χ4v) is 0.897. The Balaban J connectivity index is 0.00000169. The minimum atomic E-state index is -0.475. The Kier molecular flexibility index (Phi) is 5.11. The van der Waals surface area contributed by atoms with E-state index in [-0.39, 0.29) is 24.8 Å². The zero-order valence-electron chi connectivity index (χ0n) is 8.06. The van der Waals surface area contributed by atoms with Crippen LogP contribution >= 0.6 is 12.4 Å². The van der Waals surface area contributed by atoms with Gasteiger partial charge in [0, 0.05) is 7.05 Å². The van der Waals surface area contributed by atoms with E-state index >= 15 is 0 Å². The minimum absolute atomic E-state index is 0. The fraction of sp³-hybridized carbons (Fsp3) is 0.571. The van der Waals surface area contributed by atoms with E-state index in [4.69, 9.17) is 10.5 Å². The fourth-order valence-electron chi connectivity index (χ4n) is 0.897. The van der Waals surface area contributed by atoms with Gasteiger partial charge in [0.1, 0.15) is 0 Å². The first-order valence-corrected chi connectivity index (χ1v) is 3.96. The van der Waals surface area contributed by atoms with Crippen molar-refractivity contribution in [1.29, 1.82) is 0 Å². The van der Waals surface area contributed by atoms with Gasteiger partial charge >= 0.3 is 5.97 Å². The number of hydrogen-bond donors (Lipinski definition) is 1. The molecule has 0 aliphatic rings. The van der Waals surface area contributed by atoms with Crippen molar-refractivity contribution < 1.29 is 9.53 Å². The number of nitrogens with two attached hydrogens (primary N) is 1. The average Bonchev–Trinajstić information content (AvgIpc) is 2.47. The van der Waals surface area contributed by atoms with E-state index in [0.717, 1.165) is 0 Å². The van der Waals surface area contributed by atoms with Crippen molar-refractivity contribution in [3.63, 3.8) is 0 Å². The molecule has 0 aromatic carbocycles. The molecule has 80 valence electrons. The van der Waals surface area contributed by atoms with Gasteiger partial charge in [-0.15, -0.1) is 12.4 Å². The van der Waals surface area contributed by atoms with Crippen LogP contribution in [-0.2, 0) is 18.3 Å². The first-order valence-electron chi connectivity index (χ1n) is 3.96. The highest BCUT2D eigenvalue weighted by Gasteiger charge is 2.15. The molecule has 0 unspecified atom stereocenters. The molecule has 1 aromatic heterocycles. The molecule has 0 aliphatic heterocycles. The molecule has 7 heteroatoms. The Hall–Kier alpha value is -1.14. The minimum Gasteiger partial charge on any atom is -0.460 e. The number of aryl methyl sites for hydroxylation is 1. The standard InChI is InChI=1S/C7H12N4O2.ClH/c1-3-13-7(12)6-9-5(4-8)10-11(6)2;/h3-4,8H2,1-2H3;1H. The summed E-state index contributed by atoms with van der Waals surface area (Å²) in [5, 5.41) is 3.91. The number of hydrogen-bond acceptors (Lipinski definition) is 5. The van der Waals surface area contributed by atoms with E-state index in [1.165, 1.54) is 4.68 Å². The monoisotopic (exact) mass is 220 g/mol. The van der Waals surface area contributed by atoms with Crippen LogP contribution in [0, 0.1) is 0 Å². The van der Waals surface area contributed by atoms with Crippen LogP contribution < -0.4 is 5.73 Å². The quantitative estimate of drug-likeness (QED) is 0.718. The number of esters is 1. The second-order valence-corrected chi connectivity index (χ2v) is 2.40. The highest BCUT2D eigenvalue weighted by Crippen LogP contribution is 1.98. The van der Waals surface area contributed by atoms with E-state index in [1.807, 2.05) is 0 Å². The molecule has 1 rings (SSSR count). The first-order chi connectivity index (χ1) is 6.19. The molecule has 2 N–H and O–H groups in total. The largest absolute Gasteiger partial charge is 0.460 e. The van der Waals surface area contributed by atoms with E-state index in [0.29, 0.717) is 12.4 Å². The van der Waals surface area contributed by atoms with Crippen molar-refractivity contribution in [2.45, 2.75) is 13.5 Å². The Labute approximate surface area is 87.9 Å². The molecule has 0 bridgehead atoms. The van der Waals surface area contributed by atoms with E-state index in [2.05, 4.69) is 10.1 Å². The lowest BCUT2D eigenvalue weighted by Gasteiger charge is -1.98. The number of carbonyl (C=O) groups excluding carboxylic acids is 1. The topological polar surface area (TPSA) is 83.0 Å². The molecule has 0 radical (unpaired) electrons. The molecule has 1 aromatic rings. The van der Waals surface area contributed by atoms with Gasteiger partial charge in [0.15, 0.2) is 5.82 Å². The molecule has 0 amide bonds. The lowest BCUT2D eigenvalue weighted by Crippen LogP contribution is -2.11. The summed E-state index contributed by atoms with van der Waals surface area (Å²) in [6, 6.07) is 0. The molecule has 0 aliphatic carbocycles. The van der Waals surface area contributed by atoms with Crippen molar-refractivity contribution in [2.24, 2.45) is 12.8 Å². The zero-order chi connectivity index (χ0) is 9.84. The predicted molar refractivity (Wildman–Crippen MR) is 52.1 cm³/mol. The zero-order valence-corrected chi connectivity index (χ0v) is 8.87. The van der Waals surface area contributed by atoms with Gasteiger partial charge in [-0.25, -0.2) is 14.5 Å². The van der Waals surface area contributed by atoms with Crippen LogP contribution in [0.2, 0.25) is 0 Å². The smallest absolute Gasteiger partial charge is 0.376 e. The molecule has 14 heavy (non-hydrogen) atoms. The Morgan fingerprint density at radius 3 is 2.71 bits per heavy atom. The van der Waals surface area contributed by atoms with Gasteiger partial charge in [0.25, 0.3) is 0 Å². The van der Waals surface area contributed by atoms with Gasteiger partial charge in [0.2, 0.25) is 5.82 Å². The summed E-state index contributed by atoms with van der Waals surface area (Å²) >= 11 is 0. The first kappa shape index (κ1) is 12.9. The molecule has 6 nitrogen and oxygen atoms in total. The van der Waals surface area contributed by atoms with Gasteiger partial charge in [-0.3, -0.25) is 0 Å². The summed E-state index contributed by atoms with van der Waals surface area (Å²) in [7, 11) is 1.62. The van der Waals surface area contributed by atoms with Gasteiger partial charge in [0.05, 0.1) is 13.2 Å². The van der Waals surface area contributed by atoms with Crippen molar-refractivity contribution in [3.8, 4) is 0 Å². The third-order valence-corrected chi connectivity index (χ3v) is 1.45. The number of ether oxygens (including phenoxy) is 1. The van der Waals surface area contributed by atoms with Gasteiger partial charge in [-0.2, -0.15) is 5.10 Å². The van der Waals surface area contributed by atoms with Crippen LogP contribution in [0.4, 0.5) is 0 Å². The van der Waals surface area contributed by atoms with Gasteiger partial charge in [-0.1, -0.05) is 0 Å². The summed E-state index contributed by atoms with van der Waals surface area (Å²) in [6.45, 7) is 2.27. The lowest BCUT2D eigenvalue weighted by molar-refractivity contribution is 0.0506. The molecule has 0 atom stereocenters. The summed E-state index contributed by atoms with van der Waals surface area (Å²) < 4.78 is 6.12. The predicted octanol–water partition coefficient (Wildman–Crippen LogP) is -0.128. The second-order valence-electron chi connectivity index (χ2n) is 2.40. The average molecular weight is 221 g/mol. The third kappa shape index (κ3) is 2.68. The van der Waals surface area contributed by atoms with Crippen molar-refractivity contribution in [1.82, 2.24) is 14.8 Å². The van der Waals surface area contributed by atoms with Crippen LogP contribution in [0.5, 0.6) is 0 Å². The summed E-state index contributed by atoms with van der Waals surface area (Å²) in [5.41, 5.74) is 5.32. The Bertz CT molecular complexity index is 313. The SMILES string of the molecule is CCOC(=O)c1nc(CN)nn1C.Cl. The number of carbonyl (C=O) groups is 1. The van der Waals surface area contributed by atoms with Gasteiger partial charge in [-0.05, 0) is 6.92 Å². The van der Waals surface area contributed by atoms with Crippen molar-refractivity contribution in [2.75, 3.05) is 6.61 Å². The molecular formula is C7H13ClN4O2. The Morgan fingerprint density at radius 1 is 1.64 bits per heavy atom. The number of nitrogens with zero attached hydrogens (tertiary/aromatic N) is 3. The highest BCUT2D eigenvalue weighted by molar-refractivity contribution is 5.85. The summed E-state index contributed by atoms with van der Waals surface area (Å²) in [6.07, 6.45) is 0. The maximum atomic E-state index is 11.2. The number of aromatic nitrogens is 3. The Morgan fingerprint density at radius 2 is 2.29 bits per heavy atom. The maximum absolute atomic E-state index is 11.2. The van der Waals surface area contributed by atoms with Crippen LogP contribution in [-0.4, -0.2) is 27.3 Å². The van der Waals surface area contributed by atoms with E-state index in [1.54, 1.807) is 14.0 Å². The normalized spacial score (nSPS) is 9.36.